The van der Waals surface area contributed by atoms with Gasteiger partial charge in [-0.1, -0.05) is 25.1 Å². The van der Waals surface area contributed by atoms with Gasteiger partial charge in [0, 0.05) is 27.6 Å². The highest BCUT2D eigenvalue weighted by Crippen LogP contribution is 2.40. The van der Waals surface area contributed by atoms with Crippen LogP contribution in [0.25, 0.3) is 22.3 Å². The molecule has 35 heavy (non-hydrogen) atoms. The van der Waals surface area contributed by atoms with E-state index in [9.17, 15) is 24.6 Å². The third-order valence-corrected chi connectivity index (χ3v) is 6.95. The topological polar surface area (TPSA) is 119 Å². The molecule has 8 heteroatoms. The Morgan fingerprint density at radius 1 is 1.11 bits per heavy atom. The molecule has 0 amide bonds. The number of esters is 1. The summed E-state index contributed by atoms with van der Waals surface area (Å²) in [5.41, 5.74) is 1.03. The van der Waals surface area contributed by atoms with Crippen molar-refractivity contribution in [2.75, 3.05) is 0 Å². The van der Waals surface area contributed by atoms with Crippen molar-refractivity contribution in [3.63, 3.8) is 0 Å². The van der Waals surface area contributed by atoms with Gasteiger partial charge >= 0.3 is 5.97 Å². The fraction of sp³-hybridized carbons (Fsp3) is 0.185. The molecule has 6 rings (SSSR count). The van der Waals surface area contributed by atoms with Crippen molar-refractivity contribution in [1.29, 1.82) is 0 Å². The standard InChI is InChI=1S/C27H20N2O6/c1-2-27(34)19-11-21-23-17(12-29(21)25(32)18(19)13-35-26(27)33)22(16-5-3-4-6-20(16)28-23)24(31)14-7-9-15(30)10-8-14/h3-11,30,34H,2,12-13H2,1H3/t27-/m0/s1. The lowest BCUT2D eigenvalue weighted by molar-refractivity contribution is -0.172. The van der Waals surface area contributed by atoms with E-state index in [1.54, 1.807) is 31.2 Å². The average Bonchev–Trinajstić information content (AvgIpc) is 3.23. The minimum Gasteiger partial charge on any atom is -0.508 e. The van der Waals surface area contributed by atoms with Gasteiger partial charge in [-0.15, -0.1) is 0 Å². The summed E-state index contributed by atoms with van der Waals surface area (Å²) in [6, 6.07) is 14.9. The number of hydrogen-bond acceptors (Lipinski definition) is 7. The second-order valence-corrected chi connectivity index (χ2v) is 8.81. The van der Waals surface area contributed by atoms with E-state index in [0.717, 1.165) is 0 Å². The Labute approximate surface area is 199 Å². The number of benzene rings is 2. The molecule has 174 valence electrons. The van der Waals surface area contributed by atoms with Gasteiger partial charge in [0.15, 0.2) is 11.4 Å². The van der Waals surface area contributed by atoms with Gasteiger partial charge in [-0.25, -0.2) is 9.78 Å². The number of para-hydroxylation sites is 1. The van der Waals surface area contributed by atoms with Crippen molar-refractivity contribution in [3.05, 3.63) is 92.8 Å². The van der Waals surface area contributed by atoms with E-state index >= 15 is 0 Å². The lowest BCUT2D eigenvalue weighted by Crippen LogP contribution is -2.44. The number of ether oxygens (including phenoxy) is 1. The predicted molar refractivity (Wildman–Crippen MR) is 126 cm³/mol. The van der Waals surface area contributed by atoms with E-state index < -0.39 is 11.6 Å². The molecule has 4 heterocycles. The number of fused-ring (bicyclic) bond motifs is 5. The summed E-state index contributed by atoms with van der Waals surface area (Å²) in [5.74, 6) is -0.991. The first-order valence-corrected chi connectivity index (χ1v) is 11.3. The SMILES string of the molecule is CC[C@@]1(O)C(=O)OCc2c1cc1n(c2=O)Cc2c-1nc1ccccc1c2C(=O)c1ccc(O)cc1. The molecule has 0 saturated carbocycles. The molecule has 2 aliphatic heterocycles. The summed E-state index contributed by atoms with van der Waals surface area (Å²) in [5, 5.41) is 21.4. The van der Waals surface area contributed by atoms with E-state index in [4.69, 9.17) is 9.72 Å². The highest BCUT2D eigenvalue weighted by atomic mass is 16.6. The Kier molecular flexibility index (Phi) is 4.46. The maximum Gasteiger partial charge on any atom is 0.343 e. The molecule has 8 nitrogen and oxygen atoms in total. The number of nitrogens with zero attached hydrogens (tertiary/aromatic N) is 2. The van der Waals surface area contributed by atoms with Gasteiger partial charge in [-0.2, -0.15) is 0 Å². The maximum atomic E-state index is 13.7. The normalized spacial score (nSPS) is 18.1. The molecule has 2 aromatic heterocycles. The van der Waals surface area contributed by atoms with Crippen LogP contribution in [0, 0.1) is 0 Å². The van der Waals surface area contributed by atoms with Gasteiger partial charge in [0.1, 0.15) is 12.4 Å². The predicted octanol–water partition coefficient (Wildman–Crippen LogP) is 3.02. The molecule has 0 radical (unpaired) electrons. The smallest absolute Gasteiger partial charge is 0.343 e. The van der Waals surface area contributed by atoms with Crippen molar-refractivity contribution >= 4 is 22.7 Å². The molecule has 0 saturated heterocycles. The van der Waals surface area contributed by atoms with Crippen molar-refractivity contribution < 1.29 is 24.5 Å². The number of aromatic hydroxyl groups is 1. The molecule has 0 unspecified atom stereocenters. The van der Waals surface area contributed by atoms with E-state index in [-0.39, 0.29) is 47.8 Å². The van der Waals surface area contributed by atoms with Gasteiger partial charge < -0.3 is 19.5 Å². The lowest BCUT2D eigenvalue weighted by Gasteiger charge is -2.31. The highest BCUT2D eigenvalue weighted by Gasteiger charge is 2.45. The number of carbonyl (C=O) groups is 2. The minimum absolute atomic E-state index is 0.0460. The van der Waals surface area contributed by atoms with Crippen LogP contribution in [0.5, 0.6) is 5.75 Å². The molecule has 0 fully saturated rings. The Balaban J connectivity index is 1.64. The van der Waals surface area contributed by atoms with Crippen LogP contribution in [-0.4, -0.2) is 31.5 Å². The largest absolute Gasteiger partial charge is 0.508 e. The number of pyridine rings is 2. The van der Waals surface area contributed by atoms with Gasteiger partial charge in [0.05, 0.1) is 29.0 Å². The fourth-order valence-corrected chi connectivity index (χ4v) is 5.04. The number of phenolic OH excluding ortho intramolecular Hbond substituents is 1. The Morgan fingerprint density at radius 2 is 1.86 bits per heavy atom. The number of aromatic nitrogens is 2. The van der Waals surface area contributed by atoms with Gasteiger partial charge in [-0.05, 0) is 42.8 Å². The number of carbonyl (C=O) groups excluding carboxylic acids is 2. The van der Waals surface area contributed by atoms with Crippen LogP contribution in [0.15, 0.2) is 59.4 Å². The monoisotopic (exact) mass is 468 g/mol. The zero-order valence-electron chi connectivity index (χ0n) is 18.7. The first kappa shape index (κ1) is 21.2. The summed E-state index contributed by atoms with van der Waals surface area (Å²) in [4.78, 5) is 44.4. The number of hydrogen-bond donors (Lipinski definition) is 2. The van der Waals surface area contributed by atoms with Crippen LogP contribution in [0.2, 0.25) is 0 Å². The molecule has 0 bridgehead atoms. The molecule has 1 atom stereocenters. The van der Waals surface area contributed by atoms with Crippen LogP contribution in [0.4, 0.5) is 0 Å². The number of ketones is 1. The molecule has 4 aromatic rings. The van der Waals surface area contributed by atoms with E-state index in [1.165, 1.54) is 16.7 Å². The third kappa shape index (κ3) is 2.90. The molecule has 2 N–H and O–H groups in total. The van der Waals surface area contributed by atoms with E-state index in [0.29, 0.717) is 39.0 Å². The van der Waals surface area contributed by atoms with Crippen molar-refractivity contribution in [2.45, 2.75) is 32.1 Å². The quantitative estimate of drug-likeness (QED) is 0.309. The summed E-state index contributed by atoms with van der Waals surface area (Å²) in [6.45, 7) is 1.54. The van der Waals surface area contributed by atoms with Crippen LogP contribution in [0.1, 0.15) is 46.0 Å². The van der Waals surface area contributed by atoms with Crippen molar-refractivity contribution in [3.8, 4) is 17.1 Å². The van der Waals surface area contributed by atoms with Crippen LogP contribution in [-0.2, 0) is 28.3 Å². The number of cyclic esters (lactones) is 1. The second kappa shape index (κ2) is 7.35. The van der Waals surface area contributed by atoms with Crippen LogP contribution >= 0.6 is 0 Å². The molecule has 0 spiro atoms. The zero-order chi connectivity index (χ0) is 24.5. The summed E-state index contributed by atoms with van der Waals surface area (Å²) >= 11 is 0. The number of phenols is 1. The van der Waals surface area contributed by atoms with Crippen LogP contribution in [0.3, 0.4) is 0 Å². The summed E-state index contributed by atoms with van der Waals surface area (Å²) < 4.78 is 6.64. The Hall–Kier alpha value is -4.30. The molecule has 2 aliphatic rings. The molecule has 2 aromatic carbocycles. The summed E-state index contributed by atoms with van der Waals surface area (Å²) in [6.07, 6.45) is 0.0460. The van der Waals surface area contributed by atoms with Crippen molar-refractivity contribution in [2.24, 2.45) is 0 Å². The highest BCUT2D eigenvalue weighted by molar-refractivity contribution is 6.18. The maximum absolute atomic E-state index is 13.7. The number of rotatable bonds is 3. The van der Waals surface area contributed by atoms with Gasteiger partial charge in [0.25, 0.3) is 5.56 Å². The molecule has 0 aliphatic carbocycles. The fourth-order valence-electron chi connectivity index (χ4n) is 5.04. The molecular weight excluding hydrogens is 448 g/mol. The van der Waals surface area contributed by atoms with E-state index in [1.807, 2.05) is 18.2 Å². The van der Waals surface area contributed by atoms with Gasteiger partial charge in [-0.3, -0.25) is 9.59 Å². The Bertz CT molecular complexity index is 1640. The van der Waals surface area contributed by atoms with Crippen LogP contribution < -0.4 is 5.56 Å². The lowest BCUT2D eigenvalue weighted by atomic mass is 9.86. The third-order valence-electron chi connectivity index (χ3n) is 6.95. The van der Waals surface area contributed by atoms with Crippen molar-refractivity contribution in [1.82, 2.24) is 9.55 Å². The van der Waals surface area contributed by atoms with E-state index in [2.05, 4.69) is 0 Å². The summed E-state index contributed by atoms with van der Waals surface area (Å²) in [7, 11) is 0. The zero-order valence-corrected chi connectivity index (χ0v) is 18.7. The first-order chi connectivity index (χ1) is 16.8. The second-order valence-electron chi connectivity index (χ2n) is 8.81. The van der Waals surface area contributed by atoms with Gasteiger partial charge in [0.2, 0.25) is 0 Å². The number of aliphatic hydroxyl groups is 1. The Morgan fingerprint density at radius 3 is 2.60 bits per heavy atom. The average molecular weight is 468 g/mol. The first-order valence-electron chi connectivity index (χ1n) is 11.3. The molecular formula is C27H20N2O6. The minimum atomic E-state index is -1.92.